The summed E-state index contributed by atoms with van der Waals surface area (Å²) >= 11 is 0. The quantitative estimate of drug-likeness (QED) is 0.765. The lowest BCUT2D eigenvalue weighted by atomic mass is 9.95. The fourth-order valence-corrected chi connectivity index (χ4v) is 4.22. The number of pyridine rings is 1. The lowest BCUT2D eigenvalue weighted by molar-refractivity contribution is -0.0606. The summed E-state index contributed by atoms with van der Waals surface area (Å²) < 4.78 is 11.3. The molecule has 6 heteroatoms. The fraction of sp³-hybridized carbons (Fsp3) is 0.714. The van der Waals surface area contributed by atoms with Crippen LogP contribution in [0.3, 0.4) is 0 Å². The van der Waals surface area contributed by atoms with Crippen LogP contribution in [0.25, 0.3) is 0 Å². The second-order valence-electron chi connectivity index (χ2n) is 7.78. The lowest BCUT2D eigenvalue weighted by Crippen LogP contribution is -2.51. The molecule has 0 aromatic carbocycles. The van der Waals surface area contributed by atoms with Crippen molar-refractivity contribution in [2.45, 2.75) is 45.1 Å². The number of methoxy groups -OCH3 is 1. The maximum absolute atomic E-state index is 12.8. The van der Waals surface area contributed by atoms with Crippen molar-refractivity contribution in [3.63, 3.8) is 0 Å². The zero-order chi connectivity index (χ0) is 19.3. The third-order valence-corrected chi connectivity index (χ3v) is 6.06. The lowest BCUT2D eigenvalue weighted by Gasteiger charge is -2.42. The smallest absolute Gasteiger partial charge is 0.255 e. The number of likely N-dealkylation sites (tertiary alicyclic amines) is 1. The molecule has 2 fully saturated rings. The molecule has 1 aromatic rings. The third-order valence-electron chi connectivity index (χ3n) is 6.06. The van der Waals surface area contributed by atoms with Gasteiger partial charge in [-0.15, -0.1) is 0 Å². The highest BCUT2D eigenvalue weighted by atomic mass is 16.5. The average molecular weight is 376 g/mol. The van der Waals surface area contributed by atoms with Gasteiger partial charge in [-0.3, -0.25) is 4.79 Å². The van der Waals surface area contributed by atoms with Crippen molar-refractivity contribution in [2.75, 3.05) is 51.4 Å². The Balaban J connectivity index is 1.65. The Morgan fingerprint density at radius 3 is 2.81 bits per heavy atom. The van der Waals surface area contributed by atoms with E-state index in [9.17, 15) is 4.79 Å². The highest BCUT2D eigenvalue weighted by Gasteiger charge is 2.34. The zero-order valence-corrected chi connectivity index (χ0v) is 16.9. The predicted octanol–water partition coefficient (Wildman–Crippen LogP) is 2.98. The van der Waals surface area contributed by atoms with Gasteiger partial charge in [0.2, 0.25) is 0 Å². The second kappa shape index (κ2) is 9.02. The van der Waals surface area contributed by atoms with Crippen LogP contribution in [0.2, 0.25) is 0 Å². The molecule has 0 N–H and O–H groups in total. The first kappa shape index (κ1) is 20.1. The highest BCUT2D eigenvalue weighted by molar-refractivity contribution is 5.94. The van der Waals surface area contributed by atoms with E-state index in [2.05, 4.69) is 23.7 Å². The van der Waals surface area contributed by atoms with Crippen molar-refractivity contribution in [3.05, 3.63) is 23.9 Å². The molecular formula is C21H33N3O3. The van der Waals surface area contributed by atoms with Crippen LogP contribution in [-0.4, -0.2) is 67.9 Å². The number of rotatable bonds is 6. The molecule has 0 saturated carbocycles. The number of amides is 1. The molecule has 150 valence electrons. The number of carbonyl (C=O) groups is 1. The Bertz CT molecular complexity index is 614. The molecule has 0 unspecified atom stereocenters. The molecule has 3 heterocycles. The third kappa shape index (κ3) is 4.61. The number of aromatic nitrogens is 1. The number of hydrogen-bond acceptors (Lipinski definition) is 5. The molecule has 1 atom stereocenters. The predicted molar refractivity (Wildman–Crippen MR) is 106 cm³/mol. The summed E-state index contributed by atoms with van der Waals surface area (Å²) in [5.41, 5.74) is 0.584. The molecule has 2 aliphatic rings. The minimum atomic E-state index is -0.0847. The van der Waals surface area contributed by atoms with Crippen molar-refractivity contribution in [1.82, 2.24) is 9.88 Å². The minimum Gasteiger partial charge on any atom is -0.384 e. The molecule has 0 radical (unpaired) electrons. The monoisotopic (exact) mass is 375 g/mol. The standard InChI is InChI=1S/C21H33N3O3/c1-4-21(5-2)16-24(11-12-27-21)19-9-8-18(13-22-19)20(25)23-10-6-7-17(14-23)15-26-3/h8-9,13,17H,4-7,10-12,14-16H2,1-3H3/t17-/m0/s1. The Kier molecular flexibility index (Phi) is 6.71. The van der Waals surface area contributed by atoms with E-state index in [1.807, 2.05) is 17.0 Å². The van der Waals surface area contributed by atoms with E-state index in [0.717, 1.165) is 64.3 Å². The van der Waals surface area contributed by atoms with E-state index in [-0.39, 0.29) is 11.5 Å². The number of nitrogens with zero attached hydrogens (tertiary/aromatic N) is 3. The number of carbonyl (C=O) groups excluding carboxylic acids is 1. The molecule has 1 aromatic heterocycles. The van der Waals surface area contributed by atoms with Gasteiger partial charge in [0.1, 0.15) is 5.82 Å². The van der Waals surface area contributed by atoms with E-state index >= 15 is 0 Å². The summed E-state index contributed by atoms with van der Waals surface area (Å²) in [5.74, 6) is 1.44. The Morgan fingerprint density at radius 2 is 2.15 bits per heavy atom. The SMILES string of the molecule is CCC1(CC)CN(c2ccc(C(=O)N3CCC[C@H](COC)C3)cn2)CCO1. The van der Waals surface area contributed by atoms with Gasteiger partial charge in [-0.2, -0.15) is 0 Å². The van der Waals surface area contributed by atoms with Crippen LogP contribution in [0.15, 0.2) is 18.3 Å². The second-order valence-corrected chi connectivity index (χ2v) is 7.78. The summed E-state index contributed by atoms with van der Waals surface area (Å²) in [7, 11) is 1.72. The van der Waals surface area contributed by atoms with Gasteiger partial charge in [0.25, 0.3) is 5.91 Å². The minimum absolute atomic E-state index is 0.0771. The molecule has 0 aliphatic carbocycles. The van der Waals surface area contributed by atoms with Gasteiger partial charge in [-0.25, -0.2) is 4.98 Å². The van der Waals surface area contributed by atoms with E-state index in [1.54, 1.807) is 13.3 Å². The van der Waals surface area contributed by atoms with Crippen LogP contribution in [0.4, 0.5) is 5.82 Å². The average Bonchev–Trinajstić information content (AvgIpc) is 2.74. The molecular weight excluding hydrogens is 342 g/mol. The summed E-state index contributed by atoms with van der Waals surface area (Å²) in [4.78, 5) is 21.7. The Labute approximate surface area is 162 Å². The molecule has 6 nitrogen and oxygen atoms in total. The number of hydrogen-bond donors (Lipinski definition) is 0. The first-order valence-electron chi connectivity index (χ1n) is 10.2. The largest absolute Gasteiger partial charge is 0.384 e. The van der Waals surface area contributed by atoms with E-state index in [1.165, 1.54) is 0 Å². The van der Waals surface area contributed by atoms with Gasteiger partial charge in [0.05, 0.1) is 24.4 Å². The molecule has 1 amide bonds. The normalized spacial score (nSPS) is 22.7. The van der Waals surface area contributed by atoms with Gasteiger partial charge in [-0.1, -0.05) is 13.8 Å². The van der Waals surface area contributed by atoms with E-state index in [0.29, 0.717) is 18.1 Å². The Hall–Kier alpha value is -1.66. The van der Waals surface area contributed by atoms with Crippen molar-refractivity contribution in [1.29, 1.82) is 0 Å². The van der Waals surface area contributed by atoms with Crippen LogP contribution in [0.1, 0.15) is 49.9 Å². The van der Waals surface area contributed by atoms with Crippen LogP contribution in [-0.2, 0) is 9.47 Å². The fourth-order valence-electron chi connectivity index (χ4n) is 4.22. The van der Waals surface area contributed by atoms with Gasteiger partial charge in [-0.05, 0) is 43.7 Å². The molecule has 0 bridgehead atoms. The van der Waals surface area contributed by atoms with Crippen molar-refractivity contribution < 1.29 is 14.3 Å². The van der Waals surface area contributed by atoms with Crippen molar-refractivity contribution in [3.8, 4) is 0 Å². The molecule has 2 saturated heterocycles. The zero-order valence-electron chi connectivity index (χ0n) is 16.9. The first-order valence-corrected chi connectivity index (χ1v) is 10.2. The molecule has 0 spiro atoms. The molecule has 2 aliphatic heterocycles. The number of piperidine rings is 1. The van der Waals surface area contributed by atoms with E-state index in [4.69, 9.17) is 9.47 Å². The van der Waals surface area contributed by atoms with Gasteiger partial charge >= 0.3 is 0 Å². The van der Waals surface area contributed by atoms with Gasteiger partial charge < -0.3 is 19.3 Å². The maximum atomic E-state index is 12.8. The Morgan fingerprint density at radius 1 is 1.33 bits per heavy atom. The molecule has 3 rings (SSSR count). The first-order chi connectivity index (χ1) is 13.1. The number of morpholine rings is 1. The number of ether oxygens (including phenoxy) is 2. The topological polar surface area (TPSA) is 54.9 Å². The highest BCUT2D eigenvalue weighted by Crippen LogP contribution is 2.28. The summed E-state index contributed by atoms with van der Waals surface area (Å²) in [5, 5.41) is 0. The molecule has 27 heavy (non-hydrogen) atoms. The van der Waals surface area contributed by atoms with Gasteiger partial charge in [0.15, 0.2) is 0 Å². The van der Waals surface area contributed by atoms with Crippen molar-refractivity contribution >= 4 is 11.7 Å². The van der Waals surface area contributed by atoms with E-state index < -0.39 is 0 Å². The summed E-state index contributed by atoms with van der Waals surface area (Å²) in [6, 6.07) is 3.89. The van der Waals surface area contributed by atoms with Crippen LogP contribution in [0, 0.1) is 5.92 Å². The summed E-state index contributed by atoms with van der Waals surface area (Å²) in [6.07, 6.45) is 5.88. The van der Waals surface area contributed by atoms with Crippen LogP contribution < -0.4 is 4.90 Å². The van der Waals surface area contributed by atoms with Crippen LogP contribution in [0.5, 0.6) is 0 Å². The maximum Gasteiger partial charge on any atom is 0.255 e. The summed E-state index contributed by atoms with van der Waals surface area (Å²) in [6.45, 7) is 9.08. The van der Waals surface area contributed by atoms with Crippen LogP contribution >= 0.6 is 0 Å². The van der Waals surface area contributed by atoms with Crippen molar-refractivity contribution in [2.24, 2.45) is 5.92 Å². The van der Waals surface area contributed by atoms with Gasteiger partial charge in [0, 0.05) is 39.5 Å². The number of anilines is 1.